The molecular weight excluding hydrogens is 372 g/mol. The van der Waals surface area contributed by atoms with Crippen LogP contribution >= 0.6 is 0 Å². The molecular formula is C26H26N2O2. The summed E-state index contributed by atoms with van der Waals surface area (Å²) in [6.45, 7) is 2.95. The summed E-state index contributed by atoms with van der Waals surface area (Å²) < 4.78 is 0. The second kappa shape index (κ2) is 8.15. The molecule has 4 nitrogen and oxygen atoms in total. The van der Waals surface area contributed by atoms with Gasteiger partial charge >= 0.3 is 0 Å². The van der Waals surface area contributed by atoms with Crippen molar-refractivity contribution in [3.8, 4) is 11.1 Å². The molecule has 30 heavy (non-hydrogen) atoms. The van der Waals surface area contributed by atoms with Crippen molar-refractivity contribution in [3.63, 3.8) is 0 Å². The zero-order chi connectivity index (χ0) is 21.1. The van der Waals surface area contributed by atoms with Gasteiger partial charge in [0, 0.05) is 18.7 Å². The first-order valence-corrected chi connectivity index (χ1v) is 10.3. The molecule has 1 heterocycles. The van der Waals surface area contributed by atoms with Crippen LogP contribution in [0.3, 0.4) is 0 Å². The van der Waals surface area contributed by atoms with Crippen molar-refractivity contribution < 1.29 is 9.59 Å². The second-order valence-electron chi connectivity index (χ2n) is 8.19. The third-order valence-electron chi connectivity index (χ3n) is 6.06. The molecule has 2 amide bonds. The molecule has 1 fully saturated rings. The number of likely N-dealkylation sites (tertiary alicyclic amines) is 1. The van der Waals surface area contributed by atoms with Crippen molar-refractivity contribution in [1.29, 1.82) is 0 Å². The zero-order valence-electron chi connectivity index (χ0n) is 17.2. The smallest absolute Gasteiger partial charge is 0.253 e. The van der Waals surface area contributed by atoms with Crippen LogP contribution < -0.4 is 5.73 Å². The van der Waals surface area contributed by atoms with Crippen molar-refractivity contribution >= 4 is 11.8 Å². The van der Waals surface area contributed by atoms with Crippen LogP contribution in [0, 0.1) is 12.3 Å². The normalized spacial score (nSPS) is 18.4. The van der Waals surface area contributed by atoms with Gasteiger partial charge in [0.15, 0.2) is 0 Å². The molecule has 1 unspecified atom stereocenters. The Morgan fingerprint density at radius 1 is 0.967 bits per heavy atom. The van der Waals surface area contributed by atoms with Gasteiger partial charge in [-0.2, -0.15) is 0 Å². The van der Waals surface area contributed by atoms with Crippen molar-refractivity contribution in [2.75, 3.05) is 13.1 Å². The molecule has 4 heteroatoms. The summed E-state index contributed by atoms with van der Waals surface area (Å²) in [6.07, 6.45) is 1.09. The number of primary amides is 1. The van der Waals surface area contributed by atoms with Crippen molar-refractivity contribution in [2.45, 2.75) is 19.8 Å². The maximum Gasteiger partial charge on any atom is 0.253 e. The summed E-state index contributed by atoms with van der Waals surface area (Å²) in [6, 6.07) is 25.7. The Kier molecular flexibility index (Phi) is 5.40. The SMILES string of the molecule is Cc1cccc(-c2ccccc2CC2(C(N)=O)CCN(C(=O)c3ccccc3)C2)c1. The molecule has 4 rings (SSSR count). The standard InChI is InChI=1S/C26H26N2O2/c1-19-8-7-12-21(16-19)23-13-6-5-11-22(23)17-26(25(27)30)14-15-28(18-26)24(29)20-9-3-2-4-10-20/h2-13,16H,14-15,17-18H2,1H3,(H2,27,30). The summed E-state index contributed by atoms with van der Waals surface area (Å²) in [5.41, 5.74) is 10.3. The van der Waals surface area contributed by atoms with E-state index < -0.39 is 5.41 Å². The predicted molar refractivity (Wildman–Crippen MR) is 119 cm³/mol. The third-order valence-corrected chi connectivity index (χ3v) is 6.06. The fourth-order valence-corrected chi connectivity index (χ4v) is 4.37. The summed E-state index contributed by atoms with van der Waals surface area (Å²) in [4.78, 5) is 27.3. The highest BCUT2D eigenvalue weighted by Gasteiger charge is 2.45. The van der Waals surface area contributed by atoms with Crippen LogP contribution in [-0.4, -0.2) is 29.8 Å². The molecule has 0 radical (unpaired) electrons. The van der Waals surface area contributed by atoms with E-state index in [0.29, 0.717) is 31.5 Å². The molecule has 1 aliphatic heterocycles. The van der Waals surface area contributed by atoms with Gasteiger partial charge in [-0.25, -0.2) is 0 Å². The van der Waals surface area contributed by atoms with E-state index in [1.807, 2.05) is 36.4 Å². The molecule has 0 aromatic heterocycles. The average Bonchev–Trinajstić information content (AvgIpc) is 3.20. The zero-order valence-corrected chi connectivity index (χ0v) is 17.2. The lowest BCUT2D eigenvalue weighted by Crippen LogP contribution is -2.42. The minimum atomic E-state index is -0.760. The van der Waals surface area contributed by atoms with E-state index in [2.05, 4.69) is 37.3 Å². The van der Waals surface area contributed by atoms with Gasteiger partial charge in [-0.15, -0.1) is 0 Å². The van der Waals surface area contributed by atoms with E-state index >= 15 is 0 Å². The number of amides is 2. The summed E-state index contributed by atoms with van der Waals surface area (Å²) in [5.74, 6) is -0.393. The van der Waals surface area contributed by atoms with Gasteiger partial charge in [0.2, 0.25) is 5.91 Å². The summed E-state index contributed by atoms with van der Waals surface area (Å²) >= 11 is 0. The van der Waals surface area contributed by atoms with Crippen molar-refractivity contribution in [1.82, 2.24) is 4.90 Å². The monoisotopic (exact) mass is 398 g/mol. The van der Waals surface area contributed by atoms with E-state index in [-0.39, 0.29) is 11.8 Å². The highest BCUT2D eigenvalue weighted by atomic mass is 16.2. The molecule has 1 saturated heterocycles. The van der Waals surface area contributed by atoms with Gasteiger partial charge in [-0.3, -0.25) is 9.59 Å². The van der Waals surface area contributed by atoms with Crippen molar-refractivity contribution in [3.05, 3.63) is 95.6 Å². The van der Waals surface area contributed by atoms with E-state index in [9.17, 15) is 9.59 Å². The lowest BCUT2D eigenvalue weighted by Gasteiger charge is -2.27. The number of aryl methyl sites for hydroxylation is 1. The van der Waals surface area contributed by atoms with Crippen LogP contribution in [0.5, 0.6) is 0 Å². The molecule has 1 atom stereocenters. The molecule has 0 aliphatic carbocycles. The number of hydrogen-bond acceptors (Lipinski definition) is 2. The maximum atomic E-state index is 12.9. The minimum absolute atomic E-state index is 0.0503. The number of nitrogens with two attached hydrogens (primary N) is 1. The van der Waals surface area contributed by atoms with Crippen LogP contribution in [0.1, 0.15) is 27.9 Å². The van der Waals surface area contributed by atoms with E-state index in [4.69, 9.17) is 5.73 Å². The predicted octanol–water partition coefficient (Wildman–Crippen LogP) is 4.22. The molecule has 0 saturated carbocycles. The number of carbonyl (C=O) groups excluding carboxylic acids is 2. The highest BCUT2D eigenvalue weighted by molar-refractivity contribution is 5.95. The Labute approximate surface area is 177 Å². The summed E-state index contributed by atoms with van der Waals surface area (Å²) in [5, 5.41) is 0. The van der Waals surface area contributed by atoms with Gasteiger partial charge in [0.25, 0.3) is 5.91 Å². The molecule has 3 aromatic rings. The van der Waals surface area contributed by atoms with Crippen LogP contribution in [0.15, 0.2) is 78.9 Å². The van der Waals surface area contributed by atoms with Gasteiger partial charge in [0.05, 0.1) is 5.41 Å². The fourth-order valence-electron chi connectivity index (χ4n) is 4.37. The van der Waals surface area contributed by atoms with Crippen molar-refractivity contribution in [2.24, 2.45) is 11.1 Å². The largest absolute Gasteiger partial charge is 0.369 e. The maximum absolute atomic E-state index is 12.9. The average molecular weight is 399 g/mol. The number of carbonyl (C=O) groups is 2. The molecule has 0 bridgehead atoms. The number of hydrogen-bond donors (Lipinski definition) is 1. The Morgan fingerprint density at radius 2 is 1.70 bits per heavy atom. The number of benzene rings is 3. The van der Waals surface area contributed by atoms with E-state index in [1.54, 1.807) is 17.0 Å². The van der Waals surface area contributed by atoms with Gasteiger partial charge in [0.1, 0.15) is 0 Å². The lowest BCUT2D eigenvalue weighted by atomic mass is 9.78. The highest BCUT2D eigenvalue weighted by Crippen LogP contribution is 2.37. The molecule has 152 valence electrons. The van der Waals surface area contributed by atoms with Crippen LogP contribution in [-0.2, 0) is 11.2 Å². The minimum Gasteiger partial charge on any atom is -0.369 e. The Hall–Kier alpha value is -3.40. The van der Waals surface area contributed by atoms with E-state index in [0.717, 1.165) is 16.7 Å². The van der Waals surface area contributed by atoms with Crippen LogP contribution in [0.2, 0.25) is 0 Å². The Balaban J connectivity index is 1.63. The first-order valence-electron chi connectivity index (χ1n) is 10.3. The quantitative estimate of drug-likeness (QED) is 0.699. The topological polar surface area (TPSA) is 63.4 Å². The number of rotatable bonds is 5. The van der Waals surface area contributed by atoms with Crippen LogP contribution in [0.25, 0.3) is 11.1 Å². The Bertz CT molecular complexity index is 1080. The molecule has 3 aromatic carbocycles. The van der Waals surface area contributed by atoms with Gasteiger partial charge < -0.3 is 10.6 Å². The van der Waals surface area contributed by atoms with Gasteiger partial charge in [-0.05, 0) is 48.6 Å². The molecule has 0 spiro atoms. The molecule has 1 aliphatic rings. The first kappa shape index (κ1) is 19.9. The Morgan fingerprint density at radius 3 is 2.43 bits per heavy atom. The van der Waals surface area contributed by atoms with Crippen LogP contribution in [0.4, 0.5) is 0 Å². The first-order chi connectivity index (χ1) is 14.5. The summed E-state index contributed by atoms with van der Waals surface area (Å²) in [7, 11) is 0. The lowest BCUT2D eigenvalue weighted by molar-refractivity contribution is -0.126. The number of nitrogens with zero attached hydrogens (tertiary/aromatic N) is 1. The van der Waals surface area contributed by atoms with E-state index in [1.165, 1.54) is 5.56 Å². The molecule has 2 N–H and O–H groups in total. The van der Waals surface area contributed by atoms with Gasteiger partial charge in [-0.1, -0.05) is 72.3 Å². The second-order valence-corrected chi connectivity index (χ2v) is 8.19. The fraction of sp³-hybridized carbons (Fsp3) is 0.231. The third kappa shape index (κ3) is 3.86.